The average Bonchev–Trinajstić information content (AvgIpc) is 2.56. The summed E-state index contributed by atoms with van der Waals surface area (Å²) in [6.45, 7) is 0.154. The number of nitrogens with zero attached hydrogens (tertiary/aromatic N) is 1. The number of fused-ring (bicyclic) bond motifs is 1. The van der Waals surface area contributed by atoms with E-state index in [-0.39, 0.29) is 24.8 Å². The Balaban J connectivity index is 1.85. The van der Waals surface area contributed by atoms with Crippen LogP contribution >= 0.6 is 11.8 Å². The van der Waals surface area contributed by atoms with Crippen LogP contribution in [0, 0.1) is 0 Å². The van der Waals surface area contributed by atoms with Crippen LogP contribution in [0.1, 0.15) is 0 Å². The maximum atomic E-state index is 12.0. The largest absolute Gasteiger partial charge is 0.454 e. The van der Waals surface area contributed by atoms with Crippen LogP contribution in [0.25, 0.3) is 0 Å². The third-order valence-electron chi connectivity index (χ3n) is 3.09. The van der Waals surface area contributed by atoms with Gasteiger partial charge in [0.2, 0.25) is 5.91 Å². The predicted octanol–water partition coefficient (Wildman–Crippen LogP) is 0.431. The van der Waals surface area contributed by atoms with Gasteiger partial charge >= 0.3 is 5.97 Å². The fourth-order valence-electron chi connectivity index (χ4n) is 1.99. The lowest BCUT2D eigenvalue weighted by atomic mass is 10.2. The van der Waals surface area contributed by atoms with Gasteiger partial charge in [-0.25, -0.2) is 0 Å². The fraction of sp³-hybridized carbons (Fsp3) is 0.400. The van der Waals surface area contributed by atoms with Crippen molar-refractivity contribution in [3.63, 3.8) is 0 Å². The second-order valence-electron chi connectivity index (χ2n) is 4.74. The number of thioether (sulfide) groups is 1. The predicted molar refractivity (Wildman–Crippen MR) is 85.4 cm³/mol. The number of amides is 2. The van der Waals surface area contributed by atoms with Crippen LogP contribution in [-0.4, -0.2) is 56.9 Å². The van der Waals surface area contributed by atoms with E-state index in [2.05, 4.69) is 5.32 Å². The van der Waals surface area contributed by atoms with Gasteiger partial charge in [0.25, 0.3) is 5.91 Å². The molecular formula is C15H18N2O5S. The molecule has 2 rings (SSSR count). The van der Waals surface area contributed by atoms with E-state index in [1.54, 1.807) is 12.1 Å². The molecule has 0 saturated carbocycles. The lowest BCUT2D eigenvalue weighted by Crippen LogP contribution is -2.40. The second-order valence-corrected chi connectivity index (χ2v) is 5.76. The molecule has 0 saturated heterocycles. The average molecular weight is 338 g/mol. The quantitative estimate of drug-likeness (QED) is 0.573. The Hall–Kier alpha value is -2.06. The number of methoxy groups -OCH3 is 1. The number of hydrogen-bond acceptors (Lipinski definition) is 6. The van der Waals surface area contributed by atoms with Crippen molar-refractivity contribution in [3.05, 3.63) is 24.3 Å². The van der Waals surface area contributed by atoms with Crippen LogP contribution in [0.5, 0.6) is 0 Å². The first-order valence-electron chi connectivity index (χ1n) is 7.05. The maximum Gasteiger partial charge on any atom is 0.326 e. The molecule has 1 aliphatic rings. The SMILES string of the molecule is COCCNC(=O)COC(=O)CN1C(=O)CSc2ccccc21. The molecule has 1 aliphatic heterocycles. The molecule has 124 valence electrons. The summed E-state index contributed by atoms with van der Waals surface area (Å²) in [7, 11) is 1.53. The van der Waals surface area contributed by atoms with Crippen molar-refractivity contribution in [1.29, 1.82) is 0 Å². The van der Waals surface area contributed by atoms with Crippen LogP contribution in [0.3, 0.4) is 0 Å². The van der Waals surface area contributed by atoms with Crippen LogP contribution in [0.4, 0.5) is 5.69 Å². The molecule has 23 heavy (non-hydrogen) atoms. The van der Waals surface area contributed by atoms with E-state index in [0.717, 1.165) is 4.90 Å². The molecule has 8 heteroatoms. The van der Waals surface area contributed by atoms with Crippen molar-refractivity contribution in [2.24, 2.45) is 0 Å². The van der Waals surface area contributed by atoms with Crippen molar-refractivity contribution in [1.82, 2.24) is 5.32 Å². The summed E-state index contributed by atoms with van der Waals surface area (Å²) in [5.41, 5.74) is 0.690. The van der Waals surface area contributed by atoms with Crippen LogP contribution in [0.2, 0.25) is 0 Å². The van der Waals surface area contributed by atoms with Gasteiger partial charge in [0.1, 0.15) is 6.54 Å². The van der Waals surface area contributed by atoms with Gasteiger partial charge in [-0.15, -0.1) is 11.8 Å². The van der Waals surface area contributed by atoms with Gasteiger partial charge < -0.3 is 14.8 Å². The second kappa shape index (κ2) is 8.54. The fourth-order valence-corrected chi connectivity index (χ4v) is 2.93. The number of ether oxygens (including phenoxy) is 2. The number of carbonyl (C=O) groups excluding carboxylic acids is 3. The van der Waals surface area contributed by atoms with Crippen molar-refractivity contribution in [2.75, 3.05) is 44.1 Å². The highest BCUT2D eigenvalue weighted by Gasteiger charge is 2.26. The number of para-hydroxylation sites is 1. The van der Waals surface area contributed by atoms with E-state index in [1.165, 1.54) is 23.8 Å². The molecule has 1 heterocycles. The van der Waals surface area contributed by atoms with Crippen molar-refractivity contribution < 1.29 is 23.9 Å². The van der Waals surface area contributed by atoms with E-state index in [4.69, 9.17) is 9.47 Å². The van der Waals surface area contributed by atoms with Gasteiger partial charge in [0.05, 0.1) is 18.0 Å². The lowest BCUT2D eigenvalue weighted by Gasteiger charge is -2.27. The minimum atomic E-state index is -0.623. The normalized spacial score (nSPS) is 13.4. The van der Waals surface area contributed by atoms with Gasteiger partial charge in [-0.2, -0.15) is 0 Å². The zero-order chi connectivity index (χ0) is 16.7. The highest BCUT2D eigenvalue weighted by molar-refractivity contribution is 8.00. The molecule has 0 unspecified atom stereocenters. The molecule has 0 fully saturated rings. The number of esters is 1. The first kappa shape index (κ1) is 17.3. The van der Waals surface area contributed by atoms with Crippen LogP contribution in [-0.2, 0) is 23.9 Å². The monoisotopic (exact) mass is 338 g/mol. The van der Waals surface area contributed by atoms with Crippen LogP contribution in [0.15, 0.2) is 29.2 Å². The Morgan fingerprint density at radius 2 is 2.13 bits per heavy atom. The summed E-state index contributed by atoms with van der Waals surface area (Å²) in [4.78, 5) is 37.7. The summed E-state index contributed by atoms with van der Waals surface area (Å²) in [5.74, 6) is -0.907. The molecule has 0 spiro atoms. The van der Waals surface area contributed by atoms with Gasteiger partial charge in [-0.1, -0.05) is 12.1 Å². The molecule has 1 aromatic carbocycles. The molecule has 1 N–H and O–H groups in total. The number of rotatable bonds is 7. The van der Waals surface area contributed by atoms with Crippen molar-refractivity contribution >= 4 is 35.2 Å². The summed E-state index contributed by atoms with van der Waals surface area (Å²) >= 11 is 1.44. The maximum absolute atomic E-state index is 12.0. The zero-order valence-corrected chi connectivity index (χ0v) is 13.6. The van der Waals surface area contributed by atoms with Crippen molar-refractivity contribution in [2.45, 2.75) is 4.90 Å². The van der Waals surface area contributed by atoms with E-state index < -0.39 is 11.9 Å². The molecule has 0 aromatic heterocycles. The third-order valence-corrected chi connectivity index (χ3v) is 4.14. The molecule has 0 radical (unpaired) electrons. The van der Waals surface area contributed by atoms with Gasteiger partial charge in [-0.05, 0) is 12.1 Å². The van der Waals surface area contributed by atoms with Crippen LogP contribution < -0.4 is 10.2 Å². The van der Waals surface area contributed by atoms with Gasteiger partial charge in [0.15, 0.2) is 6.61 Å². The minimum Gasteiger partial charge on any atom is -0.454 e. The van der Waals surface area contributed by atoms with E-state index in [1.807, 2.05) is 12.1 Å². The summed E-state index contributed by atoms with van der Waals surface area (Å²) in [6.07, 6.45) is 0. The Bertz CT molecular complexity index is 593. The topological polar surface area (TPSA) is 84.9 Å². The Morgan fingerprint density at radius 3 is 2.91 bits per heavy atom. The van der Waals surface area contributed by atoms with E-state index in [0.29, 0.717) is 18.8 Å². The minimum absolute atomic E-state index is 0.157. The number of anilines is 1. The summed E-state index contributed by atoms with van der Waals surface area (Å²) < 4.78 is 9.70. The molecule has 7 nitrogen and oxygen atoms in total. The first-order valence-corrected chi connectivity index (χ1v) is 8.04. The van der Waals surface area contributed by atoms with Gasteiger partial charge in [0, 0.05) is 18.6 Å². The molecular weight excluding hydrogens is 320 g/mol. The molecule has 0 atom stereocenters. The molecule has 2 amide bonds. The number of nitrogens with one attached hydrogen (secondary N) is 1. The first-order chi connectivity index (χ1) is 11.1. The summed E-state index contributed by atoms with van der Waals surface area (Å²) in [6, 6.07) is 7.36. The number of hydrogen-bond donors (Lipinski definition) is 1. The highest BCUT2D eigenvalue weighted by atomic mass is 32.2. The third kappa shape index (κ3) is 4.97. The Morgan fingerprint density at radius 1 is 1.35 bits per heavy atom. The Labute approximate surface area is 138 Å². The molecule has 1 aromatic rings. The Kier molecular flexibility index (Phi) is 6.42. The number of benzene rings is 1. The molecule has 0 bridgehead atoms. The molecule has 0 aliphatic carbocycles. The number of carbonyl (C=O) groups is 3. The highest BCUT2D eigenvalue weighted by Crippen LogP contribution is 2.34. The van der Waals surface area contributed by atoms with Gasteiger partial charge in [-0.3, -0.25) is 19.3 Å². The lowest BCUT2D eigenvalue weighted by molar-refractivity contribution is -0.147. The van der Waals surface area contributed by atoms with E-state index >= 15 is 0 Å². The zero-order valence-electron chi connectivity index (χ0n) is 12.7. The smallest absolute Gasteiger partial charge is 0.326 e. The van der Waals surface area contributed by atoms with E-state index in [9.17, 15) is 14.4 Å². The van der Waals surface area contributed by atoms with Crippen molar-refractivity contribution in [3.8, 4) is 0 Å². The summed E-state index contributed by atoms with van der Waals surface area (Å²) in [5, 5.41) is 2.54. The standard InChI is InChI=1S/C15H18N2O5S/c1-21-7-6-16-13(18)9-22-15(20)8-17-11-4-2-3-5-12(11)23-10-14(17)19/h2-5H,6-10H2,1H3,(H,16,18).